The molecule has 5 nitrogen and oxygen atoms in total. The molecule has 0 saturated carbocycles. The molecule has 74 valence electrons. The largest absolute Gasteiger partial charge is 0.479 e. The molecule has 14 heavy (non-hydrogen) atoms. The van der Waals surface area contributed by atoms with Crippen molar-refractivity contribution in [1.82, 2.24) is 0 Å². The van der Waals surface area contributed by atoms with Gasteiger partial charge in [0.2, 0.25) is 0 Å². The lowest BCUT2D eigenvalue weighted by Gasteiger charge is -2.05. The van der Waals surface area contributed by atoms with Gasteiger partial charge in [0.05, 0.1) is 4.92 Å². The molecule has 5 heteroatoms. The number of aryl methyl sites for hydroxylation is 1. The van der Waals surface area contributed by atoms with Crippen LogP contribution < -0.4 is 4.74 Å². The van der Waals surface area contributed by atoms with Gasteiger partial charge in [-0.05, 0) is 12.5 Å². The molecule has 0 bridgehead atoms. The van der Waals surface area contributed by atoms with Gasteiger partial charge in [0.25, 0.3) is 0 Å². The zero-order valence-corrected chi connectivity index (χ0v) is 7.60. The maximum atomic E-state index is 10.6. The van der Waals surface area contributed by atoms with Crippen LogP contribution in [0.1, 0.15) is 5.56 Å². The average molecular weight is 195 g/mol. The van der Waals surface area contributed by atoms with Gasteiger partial charge in [-0.1, -0.05) is 12.1 Å². The van der Waals surface area contributed by atoms with Crippen molar-refractivity contribution >= 4 is 12.0 Å². The highest BCUT2D eigenvalue weighted by Gasteiger charge is 2.16. The predicted molar refractivity (Wildman–Crippen MR) is 49.4 cm³/mol. The lowest BCUT2D eigenvalue weighted by Crippen LogP contribution is -2.02. The molecule has 0 aliphatic heterocycles. The zero-order valence-electron chi connectivity index (χ0n) is 7.60. The number of benzene rings is 1. The van der Waals surface area contributed by atoms with E-state index in [0.717, 1.165) is 0 Å². The smallest absolute Gasteiger partial charge is 0.311 e. The summed E-state index contributed by atoms with van der Waals surface area (Å²) in [6.45, 7) is 1.51. The summed E-state index contributed by atoms with van der Waals surface area (Å²) < 4.78 is 4.97. The van der Waals surface area contributed by atoms with Crippen LogP contribution in [0.25, 0.3) is 0 Å². The Hall–Kier alpha value is -1.91. The minimum atomic E-state index is -0.535. The van der Waals surface area contributed by atoms with Gasteiger partial charge in [-0.25, -0.2) is 0 Å². The quantitative estimate of drug-likeness (QED) is 0.414. The fourth-order valence-electron chi connectivity index (χ4n) is 1.09. The minimum absolute atomic E-state index is 0.119. The molecule has 0 heterocycles. The Balaban J connectivity index is 3.08. The van der Waals surface area contributed by atoms with E-state index in [0.29, 0.717) is 11.8 Å². The Labute approximate surface area is 80.5 Å². The van der Waals surface area contributed by atoms with E-state index in [1.54, 1.807) is 19.1 Å². The standard InChI is InChI=1S/C9H9NO4/c1-7-3-2-4-8(10(12)13)9(7)14-6-5-11/h2-5H,6H2,1H3. The van der Waals surface area contributed by atoms with Gasteiger partial charge < -0.3 is 4.74 Å². The number of carbonyl (C=O) groups excluding carboxylic acids is 1. The Bertz CT molecular complexity index is 362. The molecule has 0 spiro atoms. The van der Waals surface area contributed by atoms with Crippen LogP contribution in [0.2, 0.25) is 0 Å². The van der Waals surface area contributed by atoms with E-state index in [9.17, 15) is 14.9 Å². The van der Waals surface area contributed by atoms with E-state index in [2.05, 4.69) is 0 Å². The van der Waals surface area contributed by atoms with Gasteiger partial charge in [0, 0.05) is 6.07 Å². The van der Waals surface area contributed by atoms with E-state index in [4.69, 9.17) is 4.74 Å². The van der Waals surface area contributed by atoms with Crippen molar-refractivity contribution in [2.75, 3.05) is 6.61 Å². The summed E-state index contributed by atoms with van der Waals surface area (Å²) in [7, 11) is 0. The third kappa shape index (κ3) is 2.07. The van der Waals surface area contributed by atoms with Crippen molar-refractivity contribution in [1.29, 1.82) is 0 Å². The van der Waals surface area contributed by atoms with Crippen LogP contribution in [0.5, 0.6) is 5.75 Å². The lowest BCUT2D eigenvalue weighted by atomic mass is 10.2. The normalized spacial score (nSPS) is 9.50. The highest BCUT2D eigenvalue weighted by Crippen LogP contribution is 2.29. The van der Waals surface area contributed by atoms with Crippen molar-refractivity contribution in [3.63, 3.8) is 0 Å². The van der Waals surface area contributed by atoms with E-state index >= 15 is 0 Å². The van der Waals surface area contributed by atoms with Crippen molar-refractivity contribution in [2.24, 2.45) is 0 Å². The SMILES string of the molecule is Cc1cccc([N+](=O)[O-])c1OCC=O. The molecule has 0 atom stereocenters. The number of hydrogen-bond donors (Lipinski definition) is 0. The second kappa shape index (κ2) is 4.36. The lowest BCUT2D eigenvalue weighted by molar-refractivity contribution is -0.385. The minimum Gasteiger partial charge on any atom is -0.479 e. The number of nitro groups is 1. The first-order valence-electron chi connectivity index (χ1n) is 3.97. The fourth-order valence-corrected chi connectivity index (χ4v) is 1.09. The molecule has 0 aliphatic carbocycles. The number of ether oxygens (including phenoxy) is 1. The van der Waals surface area contributed by atoms with E-state index < -0.39 is 4.92 Å². The molecule has 1 aromatic rings. The number of nitrogens with zero attached hydrogens (tertiary/aromatic N) is 1. The van der Waals surface area contributed by atoms with Crippen LogP contribution in [0, 0.1) is 17.0 Å². The number of para-hydroxylation sites is 1. The van der Waals surface area contributed by atoms with Gasteiger partial charge >= 0.3 is 5.69 Å². The monoisotopic (exact) mass is 195 g/mol. The van der Waals surface area contributed by atoms with Crippen LogP contribution in [-0.4, -0.2) is 17.8 Å². The number of rotatable bonds is 4. The van der Waals surface area contributed by atoms with Crippen LogP contribution in [0.4, 0.5) is 5.69 Å². The van der Waals surface area contributed by atoms with E-state index in [-0.39, 0.29) is 18.0 Å². The highest BCUT2D eigenvalue weighted by atomic mass is 16.6. The molecule has 0 unspecified atom stereocenters. The molecular formula is C9H9NO4. The summed E-state index contributed by atoms with van der Waals surface area (Å²) in [6, 6.07) is 4.60. The summed E-state index contributed by atoms with van der Waals surface area (Å²) in [5.74, 6) is 0.157. The second-order valence-corrected chi connectivity index (χ2v) is 2.66. The van der Waals surface area contributed by atoms with Gasteiger partial charge in [0.1, 0.15) is 6.61 Å². The van der Waals surface area contributed by atoms with Gasteiger partial charge in [-0.2, -0.15) is 0 Å². The van der Waals surface area contributed by atoms with Crippen LogP contribution >= 0.6 is 0 Å². The first kappa shape index (κ1) is 10.2. The Morgan fingerprint density at radius 1 is 1.57 bits per heavy atom. The molecule has 0 radical (unpaired) electrons. The van der Waals surface area contributed by atoms with Crippen LogP contribution in [0.3, 0.4) is 0 Å². The molecule has 1 rings (SSSR count). The van der Waals surface area contributed by atoms with Crippen molar-refractivity contribution in [2.45, 2.75) is 6.92 Å². The Morgan fingerprint density at radius 2 is 2.29 bits per heavy atom. The number of aldehydes is 1. The van der Waals surface area contributed by atoms with E-state index in [1.165, 1.54) is 6.07 Å². The fraction of sp³-hybridized carbons (Fsp3) is 0.222. The number of nitro benzene ring substituents is 1. The van der Waals surface area contributed by atoms with Gasteiger partial charge in [0.15, 0.2) is 12.0 Å². The molecular weight excluding hydrogens is 186 g/mol. The third-order valence-electron chi connectivity index (χ3n) is 1.68. The molecule has 0 amide bonds. The van der Waals surface area contributed by atoms with Crippen molar-refractivity contribution in [3.05, 3.63) is 33.9 Å². The van der Waals surface area contributed by atoms with E-state index in [1.807, 2.05) is 0 Å². The second-order valence-electron chi connectivity index (χ2n) is 2.66. The summed E-state index contributed by atoms with van der Waals surface area (Å²) in [5, 5.41) is 10.6. The molecule has 1 aromatic carbocycles. The summed E-state index contributed by atoms with van der Waals surface area (Å²) >= 11 is 0. The molecule has 0 aliphatic rings. The zero-order chi connectivity index (χ0) is 10.6. The molecule has 0 fully saturated rings. The van der Waals surface area contributed by atoms with Crippen molar-refractivity contribution < 1.29 is 14.5 Å². The van der Waals surface area contributed by atoms with Crippen LogP contribution in [-0.2, 0) is 4.79 Å². The first-order valence-corrected chi connectivity index (χ1v) is 3.97. The topological polar surface area (TPSA) is 69.4 Å². The summed E-state index contributed by atoms with van der Waals surface area (Å²) in [5.41, 5.74) is 0.521. The Morgan fingerprint density at radius 3 is 2.86 bits per heavy atom. The summed E-state index contributed by atoms with van der Waals surface area (Å²) in [4.78, 5) is 20.1. The van der Waals surface area contributed by atoms with Gasteiger partial charge in [-0.3, -0.25) is 14.9 Å². The maximum absolute atomic E-state index is 10.6. The first-order chi connectivity index (χ1) is 6.66. The molecule has 0 aromatic heterocycles. The predicted octanol–water partition coefficient (Wildman–Crippen LogP) is 1.48. The Kier molecular flexibility index (Phi) is 3.17. The number of carbonyl (C=O) groups is 1. The summed E-state index contributed by atoms with van der Waals surface area (Å²) in [6.07, 6.45) is 0.552. The van der Waals surface area contributed by atoms with Crippen molar-refractivity contribution in [3.8, 4) is 5.75 Å². The highest BCUT2D eigenvalue weighted by molar-refractivity contribution is 5.55. The molecule has 0 saturated heterocycles. The van der Waals surface area contributed by atoms with Gasteiger partial charge in [-0.15, -0.1) is 0 Å². The maximum Gasteiger partial charge on any atom is 0.311 e. The third-order valence-corrected chi connectivity index (χ3v) is 1.68. The molecule has 0 N–H and O–H groups in total. The van der Waals surface area contributed by atoms with Crippen LogP contribution in [0.15, 0.2) is 18.2 Å². The number of hydrogen-bond acceptors (Lipinski definition) is 4. The average Bonchev–Trinajstić information content (AvgIpc) is 2.15.